The molecular weight excluding hydrogens is 390 g/mol. The maximum absolute atomic E-state index is 12.0. The molecule has 0 amide bonds. The van der Waals surface area contributed by atoms with E-state index in [-0.39, 0.29) is 28.3 Å². The normalized spacial score (nSPS) is 43.8. The predicted octanol–water partition coefficient (Wildman–Crippen LogP) is 3.59. The van der Waals surface area contributed by atoms with Crippen LogP contribution in [0.3, 0.4) is 0 Å². The fourth-order valence-electron chi connectivity index (χ4n) is 8.68. The molecule has 2 N–H and O–H groups in total. The van der Waals surface area contributed by atoms with Crippen molar-refractivity contribution in [2.45, 2.75) is 88.6 Å². The summed E-state index contributed by atoms with van der Waals surface area (Å²) in [5.74, 6) is 1.77. The monoisotopic (exact) mass is 427 g/mol. The smallest absolute Gasteiger partial charge is 0.165 e. The molecule has 4 aliphatic carbocycles. The molecule has 5 heteroatoms. The van der Waals surface area contributed by atoms with E-state index in [4.69, 9.17) is 14.2 Å². The lowest BCUT2D eigenvalue weighted by Crippen LogP contribution is -2.83. The molecule has 31 heavy (non-hydrogen) atoms. The lowest BCUT2D eigenvalue weighted by Gasteiger charge is -2.74. The zero-order chi connectivity index (χ0) is 22.0. The highest BCUT2D eigenvalue weighted by Crippen LogP contribution is 2.77. The number of ether oxygens (including phenoxy) is 3. The third kappa shape index (κ3) is 1.98. The number of hydrogen-bond donors (Lipinski definition) is 2. The van der Waals surface area contributed by atoms with Crippen LogP contribution in [0, 0.1) is 16.7 Å². The van der Waals surface area contributed by atoms with E-state index in [2.05, 4.69) is 38.2 Å². The van der Waals surface area contributed by atoms with Crippen molar-refractivity contribution in [3.05, 3.63) is 23.3 Å². The molecule has 5 nitrogen and oxygen atoms in total. The van der Waals surface area contributed by atoms with Gasteiger partial charge in [0.25, 0.3) is 0 Å². The highest BCUT2D eigenvalue weighted by Gasteiger charge is 2.81. The number of aliphatic hydroxyl groups is 1. The molecule has 4 fully saturated rings. The Hall–Kier alpha value is -1.30. The SMILES string of the molecule is COc1ccc2c3c1O[C@H]1[C@]4(OC)CC[C@@]5(C[C@@H]4[C@](C)(O)C(C)(C)C)[C@@H](C2)NCC[C@]315. The van der Waals surface area contributed by atoms with Gasteiger partial charge in [-0.1, -0.05) is 26.8 Å². The van der Waals surface area contributed by atoms with Crippen molar-refractivity contribution < 1.29 is 19.3 Å². The second-order valence-corrected chi connectivity index (χ2v) is 12.0. The van der Waals surface area contributed by atoms with Gasteiger partial charge in [-0.15, -0.1) is 0 Å². The Morgan fingerprint density at radius 1 is 1.13 bits per heavy atom. The summed E-state index contributed by atoms with van der Waals surface area (Å²) in [6.07, 6.45) is 4.99. The molecule has 2 spiro atoms. The largest absolute Gasteiger partial charge is 0.493 e. The van der Waals surface area contributed by atoms with Crippen LogP contribution in [-0.4, -0.2) is 49.2 Å². The average Bonchev–Trinajstić information content (AvgIpc) is 3.09. The molecule has 3 saturated carbocycles. The number of benzene rings is 1. The van der Waals surface area contributed by atoms with Gasteiger partial charge >= 0.3 is 0 Å². The van der Waals surface area contributed by atoms with Gasteiger partial charge in [0.05, 0.1) is 12.7 Å². The minimum Gasteiger partial charge on any atom is -0.493 e. The molecule has 1 aromatic rings. The van der Waals surface area contributed by atoms with Crippen molar-refractivity contribution in [3.63, 3.8) is 0 Å². The van der Waals surface area contributed by atoms with Crippen LogP contribution in [0.2, 0.25) is 0 Å². The molecule has 7 atom stereocenters. The number of piperidine rings is 1. The third-order valence-electron chi connectivity index (χ3n) is 10.6. The number of methoxy groups -OCH3 is 2. The average molecular weight is 428 g/mol. The van der Waals surface area contributed by atoms with Crippen LogP contribution < -0.4 is 14.8 Å². The first-order chi connectivity index (χ1) is 14.6. The molecule has 6 aliphatic rings. The van der Waals surface area contributed by atoms with E-state index in [1.165, 1.54) is 11.1 Å². The maximum atomic E-state index is 12.0. The third-order valence-corrected chi connectivity index (χ3v) is 10.6. The lowest BCUT2D eigenvalue weighted by atomic mass is 9.33. The summed E-state index contributed by atoms with van der Waals surface area (Å²) in [5, 5.41) is 15.9. The van der Waals surface area contributed by atoms with Crippen LogP contribution in [0.5, 0.6) is 11.5 Å². The van der Waals surface area contributed by atoms with Gasteiger partial charge in [0.2, 0.25) is 0 Å². The first-order valence-electron chi connectivity index (χ1n) is 12.0. The van der Waals surface area contributed by atoms with E-state index < -0.39 is 11.2 Å². The number of hydrogen-bond acceptors (Lipinski definition) is 5. The molecular formula is C26H37NO4. The quantitative estimate of drug-likeness (QED) is 0.772. The van der Waals surface area contributed by atoms with Crippen LogP contribution in [-0.2, 0) is 16.6 Å². The summed E-state index contributed by atoms with van der Waals surface area (Å²) in [6.45, 7) is 9.48. The topological polar surface area (TPSA) is 60.0 Å². The van der Waals surface area contributed by atoms with Crippen LogP contribution in [0.4, 0.5) is 0 Å². The zero-order valence-electron chi connectivity index (χ0n) is 19.8. The summed E-state index contributed by atoms with van der Waals surface area (Å²) in [4.78, 5) is 0. The standard InChI is InChI=1S/C26H37NO4/c1-22(2,3)23(4,28)17-14-24-9-10-26(17,30-6)21-25(24)11-12-27-18(24)13-15-7-8-16(29-5)20(31-21)19(15)25/h7-8,17-18,21,27-28H,9-14H2,1-6H3/t17-,18-,21-,23+,24-,25+,26+/m1/s1. The van der Waals surface area contributed by atoms with Crippen LogP contribution >= 0.6 is 0 Å². The van der Waals surface area contributed by atoms with E-state index in [1.54, 1.807) is 7.11 Å². The van der Waals surface area contributed by atoms with E-state index in [0.717, 1.165) is 50.1 Å². The van der Waals surface area contributed by atoms with Gasteiger partial charge in [-0.2, -0.15) is 0 Å². The Bertz CT molecular complexity index is 951. The molecule has 1 saturated heterocycles. The molecule has 4 bridgehead atoms. The highest BCUT2D eigenvalue weighted by molar-refractivity contribution is 5.63. The predicted molar refractivity (Wildman–Crippen MR) is 119 cm³/mol. The van der Waals surface area contributed by atoms with Crippen molar-refractivity contribution in [1.29, 1.82) is 0 Å². The Labute approximate surface area is 185 Å². The minimum atomic E-state index is -0.880. The van der Waals surface area contributed by atoms with Gasteiger partial charge < -0.3 is 24.6 Å². The summed E-state index contributed by atoms with van der Waals surface area (Å²) in [6, 6.07) is 4.73. The Morgan fingerprint density at radius 2 is 1.90 bits per heavy atom. The van der Waals surface area contributed by atoms with Crippen molar-refractivity contribution >= 4 is 0 Å². The molecule has 2 heterocycles. The molecule has 0 unspecified atom stereocenters. The summed E-state index contributed by atoms with van der Waals surface area (Å²) < 4.78 is 19.3. The van der Waals surface area contributed by atoms with E-state index in [1.807, 2.05) is 14.0 Å². The van der Waals surface area contributed by atoms with E-state index in [0.29, 0.717) is 6.04 Å². The molecule has 1 aromatic carbocycles. The second kappa shape index (κ2) is 5.78. The molecule has 7 rings (SSSR count). The van der Waals surface area contributed by atoms with Gasteiger partial charge in [0.1, 0.15) is 11.7 Å². The number of fused-ring (bicyclic) bond motifs is 2. The van der Waals surface area contributed by atoms with Gasteiger partial charge in [0.15, 0.2) is 11.5 Å². The first-order valence-corrected chi connectivity index (χ1v) is 12.0. The van der Waals surface area contributed by atoms with Crippen LogP contribution in [0.25, 0.3) is 0 Å². The van der Waals surface area contributed by atoms with Crippen LogP contribution in [0.15, 0.2) is 12.1 Å². The molecule has 0 aromatic heterocycles. The Kier molecular flexibility index (Phi) is 3.79. The molecule has 0 radical (unpaired) electrons. The number of nitrogens with one attached hydrogen (secondary N) is 1. The Morgan fingerprint density at radius 3 is 2.58 bits per heavy atom. The lowest BCUT2D eigenvalue weighted by molar-refractivity contribution is -0.303. The van der Waals surface area contributed by atoms with E-state index >= 15 is 0 Å². The Balaban J connectivity index is 1.64. The maximum Gasteiger partial charge on any atom is 0.165 e. The summed E-state index contributed by atoms with van der Waals surface area (Å²) in [7, 11) is 3.57. The van der Waals surface area contributed by atoms with Crippen molar-refractivity contribution in [3.8, 4) is 11.5 Å². The minimum absolute atomic E-state index is 0.00105. The first kappa shape index (κ1) is 20.3. The fraction of sp³-hybridized carbons (Fsp3) is 0.769. The van der Waals surface area contributed by atoms with Gasteiger partial charge in [-0.3, -0.25) is 0 Å². The van der Waals surface area contributed by atoms with Crippen molar-refractivity contribution in [1.82, 2.24) is 5.32 Å². The summed E-state index contributed by atoms with van der Waals surface area (Å²) >= 11 is 0. The molecule has 2 aliphatic heterocycles. The summed E-state index contributed by atoms with van der Waals surface area (Å²) in [5.41, 5.74) is 1.13. The van der Waals surface area contributed by atoms with E-state index in [9.17, 15) is 5.11 Å². The zero-order valence-corrected chi connectivity index (χ0v) is 19.8. The number of rotatable bonds is 3. The van der Waals surface area contributed by atoms with Crippen LogP contribution in [0.1, 0.15) is 64.5 Å². The van der Waals surface area contributed by atoms with Crippen molar-refractivity contribution in [2.24, 2.45) is 16.7 Å². The van der Waals surface area contributed by atoms with Gasteiger partial charge in [0, 0.05) is 35.5 Å². The fourth-order valence-corrected chi connectivity index (χ4v) is 8.68. The van der Waals surface area contributed by atoms with Gasteiger partial charge in [-0.25, -0.2) is 0 Å². The second-order valence-electron chi connectivity index (χ2n) is 12.0. The van der Waals surface area contributed by atoms with Gasteiger partial charge in [-0.05, 0) is 62.6 Å². The molecule has 170 valence electrons. The van der Waals surface area contributed by atoms with Crippen molar-refractivity contribution in [2.75, 3.05) is 20.8 Å². The highest BCUT2D eigenvalue weighted by atomic mass is 16.6.